The van der Waals surface area contributed by atoms with Crippen LogP contribution < -0.4 is 16.2 Å². The highest BCUT2D eigenvalue weighted by molar-refractivity contribution is 7.89. The largest absolute Gasteiger partial charge is 0.397 e. The summed E-state index contributed by atoms with van der Waals surface area (Å²) in [6.07, 6.45) is 0. The number of thiazole rings is 1. The lowest BCUT2D eigenvalue weighted by Crippen LogP contribution is -2.13. The number of rotatable bonds is 4. The third-order valence-corrected chi connectivity index (χ3v) is 4.21. The molecular weight excluding hydrogens is 284 g/mol. The summed E-state index contributed by atoms with van der Waals surface area (Å²) in [4.78, 5) is 4.31. The van der Waals surface area contributed by atoms with Gasteiger partial charge >= 0.3 is 0 Å². The Morgan fingerprint density at radius 2 is 2.16 bits per heavy atom. The summed E-state index contributed by atoms with van der Waals surface area (Å²) in [5.41, 5.74) is 7.68. The molecule has 0 saturated carbocycles. The van der Waals surface area contributed by atoms with Crippen molar-refractivity contribution in [3.63, 3.8) is 0 Å². The first-order valence-electron chi connectivity index (χ1n) is 5.43. The second-order valence-electron chi connectivity index (χ2n) is 4.01. The zero-order valence-electron chi connectivity index (χ0n) is 10.3. The molecule has 8 heteroatoms. The van der Waals surface area contributed by atoms with Gasteiger partial charge in [0.1, 0.15) is 0 Å². The molecule has 102 valence electrons. The topological polar surface area (TPSA) is 111 Å². The van der Waals surface area contributed by atoms with E-state index in [9.17, 15) is 8.42 Å². The Kier molecular flexibility index (Phi) is 3.74. The van der Waals surface area contributed by atoms with Crippen molar-refractivity contribution in [3.8, 4) is 0 Å². The van der Waals surface area contributed by atoms with E-state index in [1.807, 2.05) is 12.3 Å². The van der Waals surface area contributed by atoms with E-state index in [0.29, 0.717) is 17.9 Å². The fourth-order valence-corrected chi connectivity index (χ4v) is 2.72. The molecule has 6 nitrogen and oxygen atoms in total. The predicted octanol–water partition coefficient (Wildman–Crippen LogP) is 1.29. The highest BCUT2D eigenvalue weighted by Crippen LogP contribution is 2.22. The van der Waals surface area contributed by atoms with E-state index in [1.165, 1.54) is 12.1 Å². The Labute approximate surface area is 115 Å². The van der Waals surface area contributed by atoms with E-state index in [0.717, 1.165) is 10.7 Å². The van der Waals surface area contributed by atoms with Crippen molar-refractivity contribution < 1.29 is 8.42 Å². The molecule has 0 aliphatic heterocycles. The monoisotopic (exact) mass is 298 g/mol. The van der Waals surface area contributed by atoms with Crippen LogP contribution in [0, 0.1) is 6.92 Å². The first kappa shape index (κ1) is 13.8. The standard InChI is InChI=1S/C11H14N4O2S2/c1-7-15-8(6-18-7)5-14-11-3-2-9(4-10(11)12)19(13,16)17/h2-4,6,14H,5,12H2,1H3,(H2,13,16,17). The lowest BCUT2D eigenvalue weighted by molar-refractivity contribution is 0.598. The molecule has 19 heavy (non-hydrogen) atoms. The summed E-state index contributed by atoms with van der Waals surface area (Å²) in [6, 6.07) is 4.35. The normalized spacial score (nSPS) is 11.5. The van der Waals surface area contributed by atoms with Crippen LogP contribution in [0.3, 0.4) is 0 Å². The zero-order valence-corrected chi connectivity index (χ0v) is 11.9. The Morgan fingerprint density at radius 1 is 1.42 bits per heavy atom. The van der Waals surface area contributed by atoms with Gasteiger partial charge in [-0.2, -0.15) is 0 Å². The molecule has 0 bridgehead atoms. The summed E-state index contributed by atoms with van der Waals surface area (Å²) < 4.78 is 22.3. The molecule has 1 heterocycles. The summed E-state index contributed by atoms with van der Waals surface area (Å²) in [5.74, 6) is 0. The van der Waals surface area contributed by atoms with Gasteiger partial charge < -0.3 is 11.1 Å². The molecule has 0 radical (unpaired) electrons. The number of hydrogen-bond acceptors (Lipinski definition) is 6. The minimum Gasteiger partial charge on any atom is -0.397 e. The van der Waals surface area contributed by atoms with Gasteiger partial charge in [-0.3, -0.25) is 0 Å². The summed E-state index contributed by atoms with van der Waals surface area (Å²) in [6.45, 7) is 2.46. The third-order valence-electron chi connectivity index (χ3n) is 2.48. The van der Waals surface area contributed by atoms with Crippen molar-refractivity contribution >= 4 is 32.7 Å². The average molecular weight is 298 g/mol. The predicted molar refractivity (Wildman–Crippen MR) is 76.4 cm³/mol. The van der Waals surface area contributed by atoms with Gasteiger partial charge in [0.2, 0.25) is 10.0 Å². The van der Waals surface area contributed by atoms with Crippen molar-refractivity contribution in [1.82, 2.24) is 4.98 Å². The van der Waals surface area contributed by atoms with Crippen LogP contribution >= 0.6 is 11.3 Å². The van der Waals surface area contributed by atoms with Crippen LogP contribution in [-0.4, -0.2) is 13.4 Å². The molecule has 0 unspecified atom stereocenters. The number of sulfonamides is 1. The minimum absolute atomic E-state index is 0.0000489. The van der Waals surface area contributed by atoms with Crippen LogP contribution in [0.2, 0.25) is 0 Å². The van der Waals surface area contributed by atoms with Crippen molar-refractivity contribution in [1.29, 1.82) is 0 Å². The Bertz CT molecular complexity index is 694. The number of primary sulfonamides is 1. The van der Waals surface area contributed by atoms with Crippen molar-refractivity contribution in [2.24, 2.45) is 5.14 Å². The van der Waals surface area contributed by atoms with E-state index < -0.39 is 10.0 Å². The minimum atomic E-state index is -3.72. The zero-order chi connectivity index (χ0) is 14.0. The number of hydrogen-bond donors (Lipinski definition) is 3. The Morgan fingerprint density at radius 3 is 2.68 bits per heavy atom. The van der Waals surface area contributed by atoms with E-state index in [4.69, 9.17) is 10.9 Å². The van der Waals surface area contributed by atoms with Crippen LogP contribution in [0.1, 0.15) is 10.7 Å². The highest BCUT2D eigenvalue weighted by Gasteiger charge is 2.10. The molecule has 0 amide bonds. The lowest BCUT2D eigenvalue weighted by Gasteiger charge is -2.09. The molecule has 1 aromatic carbocycles. The third kappa shape index (κ3) is 3.43. The number of nitrogens with zero attached hydrogens (tertiary/aromatic N) is 1. The average Bonchev–Trinajstić information content (AvgIpc) is 2.72. The summed E-state index contributed by atoms with van der Waals surface area (Å²) in [5, 5.41) is 11.1. The second-order valence-corrected chi connectivity index (χ2v) is 6.63. The fourth-order valence-electron chi connectivity index (χ4n) is 1.55. The summed E-state index contributed by atoms with van der Waals surface area (Å²) in [7, 11) is -3.72. The SMILES string of the molecule is Cc1nc(CNc2ccc(S(N)(=O)=O)cc2N)cs1. The van der Waals surface area contributed by atoms with Crippen molar-refractivity contribution in [2.45, 2.75) is 18.4 Å². The van der Waals surface area contributed by atoms with Crippen molar-refractivity contribution in [3.05, 3.63) is 34.3 Å². The van der Waals surface area contributed by atoms with Gasteiger partial charge in [-0.25, -0.2) is 18.5 Å². The number of nitrogen functional groups attached to an aromatic ring is 1. The van der Waals surface area contributed by atoms with Gasteiger partial charge in [-0.1, -0.05) is 0 Å². The van der Waals surface area contributed by atoms with E-state index in [2.05, 4.69) is 10.3 Å². The molecule has 0 atom stereocenters. The van der Waals surface area contributed by atoms with E-state index in [1.54, 1.807) is 17.4 Å². The molecule has 2 aromatic rings. The molecule has 5 N–H and O–H groups in total. The van der Waals surface area contributed by atoms with Gasteiger partial charge in [0.05, 0.1) is 33.5 Å². The molecule has 0 spiro atoms. The van der Waals surface area contributed by atoms with Gasteiger partial charge in [-0.05, 0) is 25.1 Å². The van der Waals surface area contributed by atoms with Crippen molar-refractivity contribution in [2.75, 3.05) is 11.1 Å². The Balaban J connectivity index is 2.14. The van der Waals surface area contributed by atoms with Gasteiger partial charge in [0, 0.05) is 5.38 Å². The maximum absolute atomic E-state index is 11.2. The molecule has 0 aliphatic carbocycles. The quantitative estimate of drug-likeness (QED) is 0.737. The lowest BCUT2D eigenvalue weighted by atomic mass is 10.2. The Hall–Kier alpha value is -1.64. The first-order valence-corrected chi connectivity index (χ1v) is 7.86. The number of nitrogens with one attached hydrogen (secondary N) is 1. The smallest absolute Gasteiger partial charge is 0.238 e. The maximum Gasteiger partial charge on any atom is 0.238 e. The summed E-state index contributed by atoms with van der Waals surface area (Å²) >= 11 is 1.57. The van der Waals surface area contributed by atoms with Crippen LogP contribution in [0.4, 0.5) is 11.4 Å². The van der Waals surface area contributed by atoms with Crippen LogP contribution in [0.5, 0.6) is 0 Å². The molecule has 0 fully saturated rings. The number of aryl methyl sites for hydroxylation is 1. The van der Waals surface area contributed by atoms with E-state index in [-0.39, 0.29) is 4.90 Å². The first-order chi connectivity index (χ1) is 8.86. The molecule has 0 aliphatic rings. The fraction of sp³-hybridized carbons (Fsp3) is 0.182. The highest BCUT2D eigenvalue weighted by atomic mass is 32.2. The molecule has 1 aromatic heterocycles. The number of benzene rings is 1. The maximum atomic E-state index is 11.2. The van der Waals surface area contributed by atoms with Gasteiger partial charge in [0.25, 0.3) is 0 Å². The van der Waals surface area contributed by atoms with Gasteiger partial charge in [-0.15, -0.1) is 11.3 Å². The van der Waals surface area contributed by atoms with Crippen LogP contribution in [0.25, 0.3) is 0 Å². The number of nitrogens with two attached hydrogens (primary N) is 2. The number of anilines is 2. The second kappa shape index (κ2) is 5.16. The molecule has 0 saturated heterocycles. The number of aromatic nitrogens is 1. The molecule has 2 rings (SSSR count). The molecular formula is C11H14N4O2S2. The van der Waals surface area contributed by atoms with E-state index >= 15 is 0 Å². The van der Waals surface area contributed by atoms with Gasteiger partial charge in [0.15, 0.2) is 0 Å². The van der Waals surface area contributed by atoms with Crippen LogP contribution in [0.15, 0.2) is 28.5 Å². The van der Waals surface area contributed by atoms with Crippen LogP contribution in [-0.2, 0) is 16.6 Å².